The van der Waals surface area contributed by atoms with Gasteiger partial charge < -0.3 is 24.8 Å². The molecule has 0 aliphatic heterocycles. The maximum Gasteiger partial charge on any atom is -1.00 e. The zero-order chi connectivity index (χ0) is 14.9. The predicted octanol–water partition coefficient (Wildman–Crippen LogP) is -0.294. The summed E-state index contributed by atoms with van der Waals surface area (Å²) in [5.41, 5.74) is 3.20. The standard InChI is InChI=1S/C7H9.C7H14.C5H5.2ClH.Ti/c1-6-3-4-7(2)5-6;1-6(2)5-7(3)4;1-2-4-5-3-1;;;/h3-5H,1-2H3;6-7H,1-4H3;1-5H;2*1H;/q;;;;;+2/p-2. The minimum atomic E-state index is -1.42. The molecule has 0 saturated heterocycles. The third-order valence-electron chi connectivity index (χ3n) is 4.52. The topological polar surface area (TPSA) is 0 Å². The molecule has 22 heavy (non-hydrogen) atoms. The van der Waals surface area contributed by atoms with Crippen molar-refractivity contribution < 1.29 is 42.2 Å². The molecule has 3 heteroatoms. The van der Waals surface area contributed by atoms with E-state index >= 15 is 0 Å². The fraction of sp³-hybridized carbons (Fsp3) is 0.526. The van der Waals surface area contributed by atoms with E-state index in [0.717, 1.165) is 8.45 Å². The van der Waals surface area contributed by atoms with Gasteiger partial charge in [-0.3, -0.25) is 0 Å². The number of allylic oxidation sites excluding steroid dienone is 8. The molecule has 0 nitrogen and oxygen atoms in total. The Balaban J connectivity index is 0.00000220. The molecule has 122 valence electrons. The zero-order valence-electron chi connectivity index (χ0n) is 14.5. The normalized spacial score (nSPS) is 17.0. The van der Waals surface area contributed by atoms with Gasteiger partial charge in [-0.2, -0.15) is 0 Å². The molecule has 0 unspecified atom stereocenters. The van der Waals surface area contributed by atoms with Gasteiger partial charge in [0.15, 0.2) is 0 Å². The van der Waals surface area contributed by atoms with Gasteiger partial charge >= 0.3 is 131 Å². The van der Waals surface area contributed by atoms with E-state index in [1.54, 1.807) is 11.1 Å². The van der Waals surface area contributed by atoms with E-state index < -0.39 is 17.4 Å². The summed E-state index contributed by atoms with van der Waals surface area (Å²) in [6.07, 6.45) is 14.1. The molecule has 0 saturated carbocycles. The minimum Gasteiger partial charge on any atom is -1.00 e. The van der Waals surface area contributed by atoms with Crippen LogP contribution in [0, 0.1) is 11.8 Å². The van der Waals surface area contributed by atoms with E-state index in [0.29, 0.717) is 11.8 Å². The fourth-order valence-corrected chi connectivity index (χ4v) is 10.5. The second-order valence-corrected chi connectivity index (χ2v) is 11.0. The molecule has 0 atom stereocenters. The Morgan fingerprint density at radius 1 is 0.864 bits per heavy atom. The summed E-state index contributed by atoms with van der Waals surface area (Å²) in [4.78, 5) is 0. The Hall–Kier alpha value is 0.124. The first kappa shape index (κ1) is 22.1. The van der Waals surface area contributed by atoms with E-state index in [9.17, 15) is 0 Å². The molecule has 0 aromatic carbocycles. The number of rotatable bonds is 4. The molecule has 0 aromatic heterocycles. The van der Waals surface area contributed by atoms with Crippen LogP contribution in [0.2, 0.25) is 8.45 Å². The summed E-state index contributed by atoms with van der Waals surface area (Å²) in [5, 5.41) is 0. The Bertz CT molecular complexity index is 494. The monoisotopic (exact) mass is 374 g/mol. The van der Waals surface area contributed by atoms with E-state index in [-0.39, 0.29) is 24.8 Å². The van der Waals surface area contributed by atoms with Gasteiger partial charge in [-0.1, -0.05) is 0 Å². The van der Waals surface area contributed by atoms with Gasteiger partial charge in [0.05, 0.1) is 0 Å². The second-order valence-electron chi connectivity index (χ2n) is 6.77. The van der Waals surface area contributed by atoms with Crippen molar-refractivity contribution in [3.8, 4) is 0 Å². The van der Waals surface area contributed by atoms with Crippen molar-refractivity contribution in [3.63, 3.8) is 0 Å². The first-order valence-electron chi connectivity index (χ1n) is 7.87. The summed E-state index contributed by atoms with van der Waals surface area (Å²) in [5.74, 6) is 1.43. The third kappa shape index (κ3) is 4.57. The molecule has 2 aliphatic carbocycles. The number of hydrogen-bond donors (Lipinski definition) is 0. The molecule has 0 N–H and O–H groups in total. The second kappa shape index (κ2) is 9.43. The fourth-order valence-electron chi connectivity index (χ4n) is 3.83. The van der Waals surface area contributed by atoms with Crippen molar-refractivity contribution in [1.29, 1.82) is 0 Å². The van der Waals surface area contributed by atoms with Crippen LogP contribution in [0.3, 0.4) is 0 Å². The maximum absolute atomic E-state index is 2.46. The quantitative estimate of drug-likeness (QED) is 0.593. The van der Waals surface area contributed by atoms with Gasteiger partial charge in [-0.25, -0.2) is 0 Å². The molecule has 0 radical (unpaired) electrons. The smallest absolute Gasteiger partial charge is 1.00 e. The van der Waals surface area contributed by atoms with Gasteiger partial charge in [0.1, 0.15) is 0 Å². The van der Waals surface area contributed by atoms with Crippen molar-refractivity contribution in [2.45, 2.75) is 50.0 Å². The van der Waals surface area contributed by atoms with Crippen LogP contribution in [-0.4, -0.2) is 3.81 Å². The molecule has 2 rings (SSSR count). The molecule has 0 bridgehead atoms. The van der Waals surface area contributed by atoms with Gasteiger partial charge in [0.2, 0.25) is 0 Å². The molecule has 0 amide bonds. The predicted molar refractivity (Wildman–Crippen MR) is 88.0 cm³/mol. The van der Waals surface area contributed by atoms with Crippen LogP contribution in [0.15, 0.2) is 47.6 Å². The Kier molecular flexibility index (Phi) is 9.48. The van der Waals surface area contributed by atoms with E-state index in [4.69, 9.17) is 0 Å². The van der Waals surface area contributed by atoms with Crippen LogP contribution in [0.1, 0.15) is 41.5 Å². The molecular formula is C19H28Cl2Ti. The summed E-state index contributed by atoms with van der Waals surface area (Å²) in [7, 11) is 0. The summed E-state index contributed by atoms with van der Waals surface area (Å²) in [6, 6.07) is 0. The van der Waals surface area contributed by atoms with Crippen LogP contribution in [0.5, 0.6) is 0 Å². The molecule has 0 aromatic rings. The number of halogens is 2. The maximum atomic E-state index is 2.46. The largest absolute Gasteiger partial charge is 1.00 e. The molecule has 0 fully saturated rings. The molecule has 2 aliphatic rings. The van der Waals surface area contributed by atoms with E-state index in [1.807, 2.05) is 3.81 Å². The van der Waals surface area contributed by atoms with Gasteiger partial charge in [-0.05, 0) is 0 Å². The SMILES string of the molecule is CC1=CC=C(C)[CH]1[Ti+2](=[C](C(C)C)C(C)C)[CH]1C=CC=C1.[Cl-].[Cl-]. The van der Waals surface area contributed by atoms with Crippen molar-refractivity contribution in [2.24, 2.45) is 11.8 Å². The third-order valence-corrected chi connectivity index (χ3v) is 11.5. The van der Waals surface area contributed by atoms with Crippen molar-refractivity contribution in [1.82, 2.24) is 0 Å². The average molecular weight is 375 g/mol. The van der Waals surface area contributed by atoms with Gasteiger partial charge in [-0.15, -0.1) is 0 Å². The molecular weight excluding hydrogens is 347 g/mol. The van der Waals surface area contributed by atoms with E-state index in [1.165, 1.54) is 0 Å². The molecule has 0 spiro atoms. The van der Waals surface area contributed by atoms with E-state index in [2.05, 4.69) is 78.0 Å². The van der Waals surface area contributed by atoms with Gasteiger partial charge in [0.25, 0.3) is 0 Å². The first-order valence-corrected chi connectivity index (χ1v) is 10.5. The van der Waals surface area contributed by atoms with Crippen LogP contribution < -0.4 is 24.8 Å². The first-order chi connectivity index (χ1) is 9.43. The van der Waals surface area contributed by atoms with Crippen LogP contribution in [0.4, 0.5) is 0 Å². The van der Waals surface area contributed by atoms with Crippen molar-refractivity contribution >= 4 is 3.81 Å². The van der Waals surface area contributed by atoms with Crippen molar-refractivity contribution in [3.05, 3.63) is 47.6 Å². The minimum absolute atomic E-state index is 0. The summed E-state index contributed by atoms with van der Waals surface area (Å²) < 4.78 is 3.37. The summed E-state index contributed by atoms with van der Waals surface area (Å²) >= 11 is -1.42. The van der Waals surface area contributed by atoms with Crippen LogP contribution >= 0.6 is 0 Å². The van der Waals surface area contributed by atoms with Crippen LogP contribution in [-0.2, 0) is 17.4 Å². The van der Waals surface area contributed by atoms with Crippen molar-refractivity contribution in [2.75, 3.05) is 0 Å². The zero-order valence-corrected chi connectivity index (χ0v) is 17.6. The molecule has 0 heterocycles. The average Bonchev–Trinajstić information content (AvgIpc) is 2.97. The van der Waals surface area contributed by atoms with Crippen LogP contribution in [0.25, 0.3) is 0 Å². The summed E-state index contributed by atoms with van der Waals surface area (Å²) in [6.45, 7) is 14.3. The Morgan fingerprint density at radius 2 is 1.27 bits per heavy atom. The Morgan fingerprint density at radius 3 is 1.64 bits per heavy atom. The number of hydrogen-bond acceptors (Lipinski definition) is 0. The van der Waals surface area contributed by atoms with Gasteiger partial charge in [0, 0.05) is 0 Å². The Labute approximate surface area is 155 Å².